The standard InChI is InChI=1S/C28H31ClN4O5S/c1-16(2)32-10-8-20(9-11-32)30-27(35)23-13-19-12-18(28(36)37-17(3)34)4-5-22(19)33(23)15-21-14-24(38-31-21)25-6-7-26(29)39-25/h4-7,12-14,16-17,20,34H,8-11,15H2,1-3H3,(H,30,35). The first-order chi connectivity index (χ1) is 18.7. The fourth-order valence-electron chi connectivity index (χ4n) is 4.91. The van der Waals surface area contributed by atoms with Crippen molar-refractivity contribution < 1.29 is 24.0 Å². The minimum Gasteiger partial charge on any atom is -0.433 e. The lowest BCUT2D eigenvalue weighted by Crippen LogP contribution is -2.46. The van der Waals surface area contributed by atoms with Crippen LogP contribution in [0, 0.1) is 0 Å². The van der Waals surface area contributed by atoms with Crippen molar-refractivity contribution in [3.05, 3.63) is 63.8 Å². The number of ether oxygens (including phenoxy) is 1. The van der Waals surface area contributed by atoms with Gasteiger partial charge in [0.05, 0.1) is 21.3 Å². The predicted octanol–water partition coefficient (Wildman–Crippen LogP) is 5.16. The summed E-state index contributed by atoms with van der Waals surface area (Å²) in [6, 6.07) is 12.9. The molecule has 1 unspecified atom stereocenters. The molecular formula is C28H31ClN4O5S. The van der Waals surface area contributed by atoms with Crippen molar-refractivity contribution in [2.24, 2.45) is 0 Å². The number of nitrogens with one attached hydrogen (secondary N) is 1. The SMILES string of the molecule is CC(O)OC(=O)c1ccc2c(c1)cc(C(=O)NC1CCN(C(C)C)CC1)n2Cc1cc(-c2ccc(Cl)s2)on1. The highest BCUT2D eigenvalue weighted by Gasteiger charge is 2.25. The van der Waals surface area contributed by atoms with Crippen LogP contribution < -0.4 is 5.32 Å². The van der Waals surface area contributed by atoms with E-state index in [2.05, 4.69) is 29.2 Å². The van der Waals surface area contributed by atoms with Gasteiger partial charge in [-0.15, -0.1) is 11.3 Å². The van der Waals surface area contributed by atoms with Crippen molar-refractivity contribution in [1.29, 1.82) is 0 Å². The number of halogens is 1. The number of piperidine rings is 1. The molecule has 0 saturated carbocycles. The highest BCUT2D eigenvalue weighted by molar-refractivity contribution is 7.19. The van der Waals surface area contributed by atoms with Gasteiger partial charge < -0.3 is 29.2 Å². The third kappa shape index (κ3) is 6.19. The highest BCUT2D eigenvalue weighted by Crippen LogP contribution is 2.32. The van der Waals surface area contributed by atoms with E-state index >= 15 is 0 Å². The molecule has 0 aliphatic carbocycles. The first kappa shape index (κ1) is 27.4. The van der Waals surface area contributed by atoms with E-state index in [9.17, 15) is 14.7 Å². The van der Waals surface area contributed by atoms with Crippen LogP contribution in [0.2, 0.25) is 4.34 Å². The number of hydrogen-bond acceptors (Lipinski definition) is 8. The highest BCUT2D eigenvalue weighted by atomic mass is 35.5. The molecule has 1 saturated heterocycles. The maximum Gasteiger partial charge on any atom is 0.340 e. The molecule has 1 aliphatic rings. The second kappa shape index (κ2) is 11.5. The molecule has 4 heterocycles. The normalized spacial score (nSPS) is 15.6. The van der Waals surface area contributed by atoms with Crippen LogP contribution in [0.25, 0.3) is 21.5 Å². The first-order valence-electron chi connectivity index (χ1n) is 13.0. The summed E-state index contributed by atoms with van der Waals surface area (Å²) in [5, 5.41) is 17.6. The first-order valence-corrected chi connectivity index (χ1v) is 14.2. The van der Waals surface area contributed by atoms with Gasteiger partial charge in [-0.1, -0.05) is 16.8 Å². The van der Waals surface area contributed by atoms with Gasteiger partial charge in [0.2, 0.25) is 0 Å². The van der Waals surface area contributed by atoms with Crippen LogP contribution in [0.4, 0.5) is 0 Å². The number of esters is 1. The van der Waals surface area contributed by atoms with E-state index in [0.717, 1.165) is 36.3 Å². The molecule has 2 N–H and O–H groups in total. The number of aliphatic hydroxyl groups is 1. The molecule has 0 bridgehead atoms. The Bertz CT molecular complexity index is 1480. The summed E-state index contributed by atoms with van der Waals surface area (Å²) in [6.45, 7) is 7.91. The molecule has 1 aromatic carbocycles. The molecule has 206 valence electrons. The number of likely N-dealkylation sites (tertiary alicyclic amines) is 1. The lowest BCUT2D eigenvalue weighted by molar-refractivity contribution is -0.0523. The van der Waals surface area contributed by atoms with Crippen molar-refractivity contribution in [3.8, 4) is 10.6 Å². The van der Waals surface area contributed by atoms with Crippen molar-refractivity contribution >= 4 is 45.7 Å². The molecule has 1 aliphatic heterocycles. The van der Waals surface area contributed by atoms with Crippen LogP contribution in [-0.4, -0.2) is 63.1 Å². The van der Waals surface area contributed by atoms with E-state index in [1.165, 1.54) is 18.3 Å². The Labute approximate surface area is 235 Å². The lowest BCUT2D eigenvalue weighted by Gasteiger charge is -2.34. The fourth-order valence-corrected chi connectivity index (χ4v) is 5.90. The zero-order valence-electron chi connectivity index (χ0n) is 22.0. The van der Waals surface area contributed by atoms with Gasteiger partial charge in [0.1, 0.15) is 11.4 Å². The van der Waals surface area contributed by atoms with Crippen LogP contribution in [0.15, 0.2) is 47.0 Å². The molecule has 1 fully saturated rings. The molecule has 4 aromatic rings. The maximum atomic E-state index is 13.6. The van der Waals surface area contributed by atoms with E-state index in [1.807, 2.05) is 16.7 Å². The number of carbonyl (C=O) groups excluding carboxylic acids is 2. The summed E-state index contributed by atoms with van der Waals surface area (Å²) < 4.78 is 13.0. The van der Waals surface area contributed by atoms with Gasteiger partial charge in [0.15, 0.2) is 12.1 Å². The second-order valence-corrected chi connectivity index (χ2v) is 11.8. The van der Waals surface area contributed by atoms with E-state index in [1.54, 1.807) is 30.3 Å². The minimum absolute atomic E-state index is 0.0813. The number of aromatic nitrogens is 2. The maximum absolute atomic E-state index is 13.6. The molecule has 0 radical (unpaired) electrons. The molecule has 9 nitrogen and oxygen atoms in total. The van der Waals surface area contributed by atoms with Crippen molar-refractivity contribution in [3.63, 3.8) is 0 Å². The third-order valence-corrected chi connectivity index (χ3v) is 8.18. The average Bonchev–Trinajstić information content (AvgIpc) is 3.63. The summed E-state index contributed by atoms with van der Waals surface area (Å²) >= 11 is 7.48. The number of aliphatic hydroxyl groups excluding tert-OH is 1. The van der Waals surface area contributed by atoms with Crippen LogP contribution in [-0.2, 0) is 11.3 Å². The van der Waals surface area contributed by atoms with Crippen LogP contribution >= 0.6 is 22.9 Å². The smallest absolute Gasteiger partial charge is 0.340 e. The second-order valence-electron chi connectivity index (χ2n) is 10.1. The average molecular weight is 571 g/mol. The predicted molar refractivity (Wildman–Crippen MR) is 150 cm³/mol. The van der Waals surface area contributed by atoms with Crippen LogP contribution in [0.1, 0.15) is 60.2 Å². The molecule has 39 heavy (non-hydrogen) atoms. The number of nitrogens with zero attached hydrogens (tertiary/aromatic N) is 3. The van der Waals surface area contributed by atoms with E-state index in [-0.39, 0.29) is 24.1 Å². The summed E-state index contributed by atoms with van der Waals surface area (Å²) in [5.74, 6) is -0.223. The Morgan fingerprint density at radius 1 is 1.18 bits per heavy atom. The molecule has 5 rings (SSSR count). The summed E-state index contributed by atoms with van der Waals surface area (Å²) in [5.41, 5.74) is 2.14. The van der Waals surface area contributed by atoms with Gasteiger partial charge in [-0.25, -0.2) is 4.79 Å². The van der Waals surface area contributed by atoms with Gasteiger partial charge in [-0.3, -0.25) is 4.79 Å². The monoisotopic (exact) mass is 570 g/mol. The largest absolute Gasteiger partial charge is 0.433 e. The van der Waals surface area contributed by atoms with E-state index < -0.39 is 12.3 Å². The molecule has 0 spiro atoms. The Balaban J connectivity index is 1.44. The van der Waals surface area contributed by atoms with Crippen molar-refractivity contribution in [1.82, 2.24) is 19.9 Å². The minimum atomic E-state index is -1.22. The topological polar surface area (TPSA) is 110 Å². The quantitative estimate of drug-likeness (QED) is 0.222. The van der Waals surface area contributed by atoms with Crippen LogP contribution in [0.3, 0.4) is 0 Å². The number of carbonyl (C=O) groups is 2. The van der Waals surface area contributed by atoms with Gasteiger partial charge in [0, 0.05) is 42.1 Å². The molecule has 1 amide bonds. The van der Waals surface area contributed by atoms with Crippen molar-refractivity contribution in [2.45, 2.75) is 58.5 Å². The third-order valence-electron chi connectivity index (χ3n) is 6.94. The van der Waals surface area contributed by atoms with Gasteiger partial charge in [-0.05, 0) is 70.0 Å². The number of amides is 1. The number of benzene rings is 1. The number of rotatable bonds is 8. The lowest BCUT2D eigenvalue weighted by atomic mass is 10.0. The zero-order chi connectivity index (χ0) is 27.7. The molecule has 1 atom stereocenters. The number of thiophene rings is 1. The van der Waals surface area contributed by atoms with Gasteiger partial charge in [0.25, 0.3) is 5.91 Å². The van der Waals surface area contributed by atoms with E-state index in [0.29, 0.717) is 32.9 Å². The Kier molecular flexibility index (Phi) is 8.08. The molecular weight excluding hydrogens is 540 g/mol. The summed E-state index contributed by atoms with van der Waals surface area (Å²) in [6.07, 6.45) is 0.547. The Morgan fingerprint density at radius 2 is 1.95 bits per heavy atom. The van der Waals surface area contributed by atoms with Crippen molar-refractivity contribution in [2.75, 3.05) is 13.1 Å². The molecule has 3 aromatic heterocycles. The van der Waals surface area contributed by atoms with E-state index in [4.69, 9.17) is 20.9 Å². The molecule has 11 heteroatoms. The number of fused-ring (bicyclic) bond motifs is 1. The van der Waals surface area contributed by atoms with Gasteiger partial charge in [-0.2, -0.15) is 0 Å². The van der Waals surface area contributed by atoms with Gasteiger partial charge >= 0.3 is 5.97 Å². The summed E-state index contributed by atoms with van der Waals surface area (Å²) in [7, 11) is 0. The summed E-state index contributed by atoms with van der Waals surface area (Å²) in [4.78, 5) is 29.2. The Morgan fingerprint density at radius 3 is 2.62 bits per heavy atom. The van der Waals surface area contributed by atoms with Crippen LogP contribution in [0.5, 0.6) is 0 Å². The fraction of sp³-hybridized carbons (Fsp3) is 0.393. The Hall–Kier alpha value is -3.18. The zero-order valence-corrected chi connectivity index (χ0v) is 23.6. The number of hydrogen-bond donors (Lipinski definition) is 2.